The summed E-state index contributed by atoms with van der Waals surface area (Å²) < 4.78 is 67.1. The first-order valence-corrected chi connectivity index (χ1v) is 13.6. The number of aryl methyl sites for hydroxylation is 1. The number of alkyl halides is 5. The molecule has 220 valence electrons. The van der Waals surface area contributed by atoms with Crippen LogP contribution in [0, 0.1) is 18.8 Å². The first-order chi connectivity index (χ1) is 19.4. The number of amides is 2. The molecule has 0 spiro atoms. The van der Waals surface area contributed by atoms with Crippen molar-refractivity contribution in [2.75, 3.05) is 0 Å². The van der Waals surface area contributed by atoms with Gasteiger partial charge < -0.3 is 10.6 Å². The fraction of sp³-hybridized carbons (Fsp3) is 0.556. The quantitative estimate of drug-likeness (QED) is 0.344. The molecule has 0 bridgehead atoms. The summed E-state index contributed by atoms with van der Waals surface area (Å²) in [6.07, 6.45) is -0.471. The maximum absolute atomic E-state index is 14.0. The van der Waals surface area contributed by atoms with Gasteiger partial charge in [-0.1, -0.05) is 0 Å². The van der Waals surface area contributed by atoms with Gasteiger partial charge in [0.2, 0.25) is 11.8 Å². The molecule has 9 nitrogen and oxygen atoms in total. The van der Waals surface area contributed by atoms with E-state index in [0.29, 0.717) is 22.6 Å². The van der Waals surface area contributed by atoms with E-state index in [0.717, 1.165) is 12.8 Å². The normalized spacial score (nSPS) is 19.1. The Kier molecular flexibility index (Phi) is 7.93. The van der Waals surface area contributed by atoms with Crippen LogP contribution in [-0.2, 0) is 4.79 Å². The molecule has 3 aromatic heterocycles. The van der Waals surface area contributed by atoms with Gasteiger partial charge >= 0.3 is 6.18 Å². The van der Waals surface area contributed by atoms with Crippen LogP contribution in [0.15, 0.2) is 30.9 Å². The van der Waals surface area contributed by atoms with Crippen molar-refractivity contribution in [3.63, 3.8) is 0 Å². The number of imidazole rings is 1. The molecule has 0 saturated heterocycles. The molecule has 2 aliphatic rings. The number of rotatable bonds is 9. The van der Waals surface area contributed by atoms with Crippen molar-refractivity contribution >= 4 is 17.5 Å². The predicted octanol–water partition coefficient (Wildman–Crippen LogP) is 5.03. The molecule has 0 radical (unpaired) electrons. The number of hydrogen-bond donors (Lipinski definition) is 2. The molecule has 3 aromatic rings. The number of nitrogens with zero attached hydrogens (tertiary/aromatic N) is 5. The first-order valence-electron chi connectivity index (χ1n) is 13.6. The lowest BCUT2D eigenvalue weighted by Gasteiger charge is -2.33. The van der Waals surface area contributed by atoms with Gasteiger partial charge in [0.1, 0.15) is 12.0 Å². The van der Waals surface area contributed by atoms with Crippen LogP contribution < -0.4 is 10.6 Å². The summed E-state index contributed by atoms with van der Waals surface area (Å²) >= 11 is 0. The summed E-state index contributed by atoms with van der Waals surface area (Å²) in [5, 5.41) is 10.0. The fourth-order valence-corrected chi connectivity index (χ4v) is 5.26. The van der Waals surface area contributed by atoms with Crippen molar-refractivity contribution in [2.24, 2.45) is 11.8 Å². The molecule has 2 aliphatic carbocycles. The van der Waals surface area contributed by atoms with Crippen LogP contribution in [-0.4, -0.2) is 48.5 Å². The van der Waals surface area contributed by atoms with E-state index in [4.69, 9.17) is 0 Å². The minimum atomic E-state index is -4.42. The van der Waals surface area contributed by atoms with Crippen LogP contribution in [0.4, 0.5) is 22.0 Å². The Balaban J connectivity index is 1.39. The Morgan fingerprint density at radius 2 is 1.76 bits per heavy atom. The van der Waals surface area contributed by atoms with Crippen molar-refractivity contribution in [2.45, 2.75) is 82.5 Å². The van der Waals surface area contributed by atoms with Crippen LogP contribution in [0.2, 0.25) is 0 Å². The molecule has 2 atom stereocenters. The Morgan fingerprint density at radius 1 is 1.05 bits per heavy atom. The van der Waals surface area contributed by atoms with Crippen LogP contribution in [0.5, 0.6) is 0 Å². The van der Waals surface area contributed by atoms with E-state index >= 15 is 0 Å². The standard InChI is InChI=1S/C27H30F5N7O2/c1-15-10-19(34-14-33-15)25(41)38-24(17-4-7-26(28,29)8-5-17)20-13-39-21(36-20)11-18(12-35-39)23(16-2-3-16)37-22(40)6-9-27(30,31)32/h10-14,16-17,23-24H,2-9H2,1H3,(H,37,40)(H,38,41)/t23?,24-/m0/s1. The lowest BCUT2D eigenvalue weighted by molar-refractivity contribution is -0.144. The molecule has 0 aromatic carbocycles. The van der Waals surface area contributed by atoms with Gasteiger partial charge in [-0.15, -0.1) is 0 Å². The average molecular weight is 580 g/mol. The highest BCUT2D eigenvalue weighted by molar-refractivity contribution is 5.92. The van der Waals surface area contributed by atoms with Crippen LogP contribution in [0.3, 0.4) is 0 Å². The van der Waals surface area contributed by atoms with Gasteiger partial charge in [0, 0.05) is 25.0 Å². The fourth-order valence-electron chi connectivity index (χ4n) is 5.26. The molecule has 2 fully saturated rings. The predicted molar refractivity (Wildman–Crippen MR) is 136 cm³/mol. The number of halogens is 5. The van der Waals surface area contributed by atoms with E-state index in [-0.39, 0.29) is 43.2 Å². The Morgan fingerprint density at radius 3 is 2.41 bits per heavy atom. The van der Waals surface area contributed by atoms with E-state index in [9.17, 15) is 31.5 Å². The van der Waals surface area contributed by atoms with E-state index in [1.807, 2.05) is 0 Å². The third kappa shape index (κ3) is 7.33. The van der Waals surface area contributed by atoms with Crippen molar-refractivity contribution in [1.82, 2.24) is 35.2 Å². The average Bonchev–Trinajstić information content (AvgIpc) is 3.66. The summed E-state index contributed by atoms with van der Waals surface area (Å²) in [6, 6.07) is 2.02. The van der Waals surface area contributed by atoms with Crippen LogP contribution in [0.25, 0.3) is 5.65 Å². The Hall–Kier alpha value is -3.71. The highest BCUT2D eigenvalue weighted by Gasteiger charge is 2.40. The lowest BCUT2D eigenvalue weighted by Crippen LogP contribution is -2.37. The van der Waals surface area contributed by atoms with E-state index < -0.39 is 48.8 Å². The zero-order valence-corrected chi connectivity index (χ0v) is 22.3. The number of carbonyl (C=O) groups is 2. The van der Waals surface area contributed by atoms with Crippen molar-refractivity contribution < 1.29 is 31.5 Å². The lowest BCUT2D eigenvalue weighted by atomic mass is 9.81. The number of carbonyl (C=O) groups excluding carboxylic acids is 2. The van der Waals surface area contributed by atoms with Crippen LogP contribution >= 0.6 is 0 Å². The number of hydrogen-bond acceptors (Lipinski definition) is 6. The second-order valence-electron chi connectivity index (χ2n) is 10.9. The first kappa shape index (κ1) is 28.8. The van der Waals surface area contributed by atoms with Crippen molar-refractivity contribution in [1.29, 1.82) is 0 Å². The molecule has 1 unspecified atom stereocenters. The Labute approximate surface area is 232 Å². The molecule has 2 saturated carbocycles. The summed E-state index contributed by atoms with van der Waals surface area (Å²) in [6.45, 7) is 1.72. The molecule has 14 heteroatoms. The maximum atomic E-state index is 14.0. The zero-order valence-electron chi connectivity index (χ0n) is 22.3. The van der Waals surface area contributed by atoms with Gasteiger partial charge in [0.25, 0.3) is 5.91 Å². The van der Waals surface area contributed by atoms with Gasteiger partial charge in [0.05, 0.1) is 36.6 Å². The topological polar surface area (TPSA) is 114 Å². The van der Waals surface area contributed by atoms with Crippen molar-refractivity contribution in [3.05, 3.63) is 53.5 Å². The van der Waals surface area contributed by atoms with Gasteiger partial charge in [-0.05, 0) is 62.1 Å². The number of aromatic nitrogens is 5. The third-order valence-corrected chi connectivity index (χ3v) is 7.64. The zero-order chi connectivity index (χ0) is 29.4. The van der Waals surface area contributed by atoms with E-state index in [1.165, 1.54) is 23.1 Å². The molecule has 2 amide bonds. The highest BCUT2D eigenvalue weighted by Crippen LogP contribution is 2.43. The summed E-state index contributed by atoms with van der Waals surface area (Å²) in [5.74, 6) is -4.17. The molecule has 3 heterocycles. The van der Waals surface area contributed by atoms with Gasteiger partial charge in [-0.3, -0.25) is 9.59 Å². The van der Waals surface area contributed by atoms with Gasteiger partial charge in [-0.25, -0.2) is 28.2 Å². The summed E-state index contributed by atoms with van der Waals surface area (Å²) in [7, 11) is 0. The number of fused-ring (bicyclic) bond motifs is 1. The molecule has 41 heavy (non-hydrogen) atoms. The smallest absolute Gasteiger partial charge is 0.349 e. The monoisotopic (exact) mass is 579 g/mol. The maximum Gasteiger partial charge on any atom is 0.389 e. The van der Waals surface area contributed by atoms with E-state index in [1.54, 1.807) is 19.2 Å². The van der Waals surface area contributed by atoms with Crippen LogP contribution in [0.1, 0.15) is 90.9 Å². The molecule has 5 rings (SSSR count). The SMILES string of the molecule is Cc1cc(C(=O)N[C@H](c2cn3ncc(C(NC(=O)CCC(F)(F)F)C4CC4)cc3n2)C2CCC(F)(F)CC2)ncn1. The highest BCUT2D eigenvalue weighted by atomic mass is 19.4. The minimum Gasteiger partial charge on any atom is -0.349 e. The van der Waals surface area contributed by atoms with Gasteiger partial charge in [-0.2, -0.15) is 18.3 Å². The molecular formula is C27H30F5N7O2. The Bertz CT molecular complexity index is 1410. The molecule has 0 aliphatic heterocycles. The second kappa shape index (κ2) is 11.3. The van der Waals surface area contributed by atoms with Crippen molar-refractivity contribution in [3.8, 4) is 0 Å². The van der Waals surface area contributed by atoms with Gasteiger partial charge in [0.15, 0.2) is 5.65 Å². The third-order valence-electron chi connectivity index (χ3n) is 7.64. The minimum absolute atomic E-state index is 0.0794. The molecular weight excluding hydrogens is 549 g/mol. The second-order valence-corrected chi connectivity index (χ2v) is 10.9. The summed E-state index contributed by atoms with van der Waals surface area (Å²) in [4.78, 5) is 38.1. The molecule has 2 N–H and O–H groups in total. The summed E-state index contributed by atoms with van der Waals surface area (Å²) in [5.41, 5.74) is 2.17. The number of nitrogens with one attached hydrogen (secondary N) is 2. The van der Waals surface area contributed by atoms with E-state index in [2.05, 4.69) is 30.7 Å². The largest absolute Gasteiger partial charge is 0.389 e.